The van der Waals surface area contributed by atoms with Crippen LogP contribution in [0.2, 0.25) is 0 Å². The molecule has 11 nitrogen and oxygen atoms in total. The minimum Gasteiger partial charge on any atom is -0.438 e. The molecule has 4 aromatic rings. The van der Waals surface area contributed by atoms with Gasteiger partial charge >= 0.3 is 0 Å². The molecule has 0 aliphatic carbocycles. The van der Waals surface area contributed by atoms with E-state index in [-0.39, 0.29) is 17.7 Å². The number of oxazole rings is 1. The van der Waals surface area contributed by atoms with E-state index in [9.17, 15) is 4.79 Å². The maximum Gasteiger partial charge on any atom is 0.291 e. The monoisotopic (exact) mass is 419 g/mol. The summed E-state index contributed by atoms with van der Waals surface area (Å²) in [5, 5.41) is 3.44. The number of aromatic nitrogens is 7. The number of imidazole rings is 1. The fraction of sp³-hybridized carbons (Fsp3) is 0.350. The topological polar surface area (TPSA) is 128 Å². The minimum atomic E-state index is -0.161. The van der Waals surface area contributed by atoms with Crippen LogP contribution < -0.4 is 5.32 Å². The number of likely N-dealkylation sites (tertiary alicyclic amines) is 1. The number of hydrogen-bond donors (Lipinski definition) is 1. The molecule has 0 aromatic carbocycles. The van der Waals surface area contributed by atoms with Gasteiger partial charge < -0.3 is 19.2 Å². The number of fused-ring (bicyclic) bond motifs is 1. The molecule has 1 atom stereocenters. The maximum absolute atomic E-state index is 12.5. The van der Waals surface area contributed by atoms with Crippen molar-refractivity contribution in [2.75, 3.05) is 18.4 Å². The Balaban J connectivity index is 1.42. The predicted octanol–water partition coefficient (Wildman–Crippen LogP) is 1.93. The average molecular weight is 419 g/mol. The normalized spacial score (nSPS) is 16.2. The van der Waals surface area contributed by atoms with E-state index in [2.05, 4.69) is 30.2 Å². The molecule has 0 bridgehead atoms. The van der Waals surface area contributed by atoms with Gasteiger partial charge in [0.05, 0.1) is 11.8 Å². The third-order valence-electron chi connectivity index (χ3n) is 5.35. The lowest BCUT2D eigenvalue weighted by molar-refractivity contribution is 0.0760. The molecule has 1 aliphatic rings. The molecular weight excluding hydrogens is 398 g/mol. The van der Waals surface area contributed by atoms with Crippen LogP contribution in [0.3, 0.4) is 0 Å². The summed E-state index contributed by atoms with van der Waals surface area (Å²) in [6, 6.07) is 0.0444. The van der Waals surface area contributed by atoms with Crippen molar-refractivity contribution < 1.29 is 9.21 Å². The lowest BCUT2D eigenvalue weighted by atomic mass is 10.2. The first-order chi connectivity index (χ1) is 15.1. The highest BCUT2D eigenvalue weighted by atomic mass is 16.3. The van der Waals surface area contributed by atoms with Crippen LogP contribution in [-0.4, -0.2) is 64.4 Å². The van der Waals surface area contributed by atoms with Crippen molar-refractivity contribution in [3.8, 4) is 11.4 Å². The first-order valence-corrected chi connectivity index (χ1v) is 10.1. The number of anilines is 1. The third kappa shape index (κ3) is 3.47. The van der Waals surface area contributed by atoms with Gasteiger partial charge in [0.1, 0.15) is 18.0 Å². The molecule has 1 saturated heterocycles. The SMILES string of the molecule is CCn1c(-c2cnc(C)nc2)nc2c(NC3CCN(C(=O)c4cnco4)C3)ncnc21. The largest absolute Gasteiger partial charge is 0.438 e. The first-order valence-electron chi connectivity index (χ1n) is 10.1. The summed E-state index contributed by atoms with van der Waals surface area (Å²) >= 11 is 0. The molecule has 158 valence electrons. The fourth-order valence-electron chi connectivity index (χ4n) is 3.80. The molecule has 0 spiro atoms. The number of amides is 1. The van der Waals surface area contributed by atoms with Crippen LogP contribution in [0.15, 0.2) is 35.7 Å². The molecule has 0 radical (unpaired) electrons. The van der Waals surface area contributed by atoms with Crippen molar-refractivity contribution in [2.24, 2.45) is 0 Å². The van der Waals surface area contributed by atoms with Crippen molar-refractivity contribution in [2.45, 2.75) is 32.9 Å². The zero-order valence-electron chi connectivity index (χ0n) is 17.2. The Morgan fingerprint density at radius 3 is 2.81 bits per heavy atom. The Hall–Kier alpha value is -3.89. The molecule has 1 N–H and O–H groups in total. The molecule has 4 aromatic heterocycles. The van der Waals surface area contributed by atoms with Gasteiger partial charge in [0.25, 0.3) is 5.91 Å². The van der Waals surface area contributed by atoms with E-state index < -0.39 is 0 Å². The lowest BCUT2D eigenvalue weighted by Gasteiger charge is -2.16. The number of rotatable bonds is 5. The van der Waals surface area contributed by atoms with Crippen LogP contribution in [-0.2, 0) is 6.54 Å². The third-order valence-corrected chi connectivity index (χ3v) is 5.35. The molecular formula is C20H21N9O2. The number of nitrogens with one attached hydrogen (secondary N) is 1. The van der Waals surface area contributed by atoms with Crippen LogP contribution in [0.5, 0.6) is 0 Å². The van der Waals surface area contributed by atoms with E-state index in [1.807, 2.05) is 18.4 Å². The zero-order valence-corrected chi connectivity index (χ0v) is 17.2. The summed E-state index contributed by atoms with van der Waals surface area (Å²) in [7, 11) is 0. The Labute approximate surface area is 177 Å². The molecule has 31 heavy (non-hydrogen) atoms. The van der Waals surface area contributed by atoms with Crippen LogP contribution in [0.1, 0.15) is 29.7 Å². The van der Waals surface area contributed by atoms with E-state index in [4.69, 9.17) is 9.40 Å². The van der Waals surface area contributed by atoms with Crippen LogP contribution >= 0.6 is 0 Å². The van der Waals surface area contributed by atoms with Gasteiger partial charge in [0.2, 0.25) is 5.76 Å². The van der Waals surface area contributed by atoms with Crippen molar-refractivity contribution in [1.29, 1.82) is 0 Å². The predicted molar refractivity (Wildman–Crippen MR) is 111 cm³/mol. The molecule has 0 saturated carbocycles. The molecule has 1 amide bonds. The van der Waals surface area contributed by atoms with Gasteiger partial charge in [-0.25, -0.2) is 29.9 Å². The smallest absolute Gasteiger partial charge is 0.291 e. The van der Waals surface area contributed by atoms with Crippen molar-refractivity contribution in [1.82, 2.24) is 39.4 Å². The number of nitrogens with zero attached hydrogens (tertiary/aromatic N) is 8. The quantitative estimate of drug-likeness (QED) is 0.516. The molecule has 1 fully saturated rings. The highest BCUT2D eigenvalue weighted by Crippen LogP contribution is 2.27. The average Bonchev–Trinajstić information content (AvgIpc) is 3.54. The highest BCUT2D eigenvalue weighted by molar-refractivity contribution is 5.91. The summed E-state index contributed by atoms with van der Waals surface area (Å²) in [5.41, 5.74) is 2.24. The number of hydrogen-bond acceptors (Lipinski definition) is 9. The van der Waals surface area contributed by atoms with Crippen LogP contribution in [0.25, 0.3) is 22.6 Å². The minimum absolute atomic E-state index is 0.0444. The van der Waals surface area contributed by atoms with Gasteiger partial charge in [-0.15, -0.1) is 0 Å². The second-order valence-corrected chi connectivity index (χ2v) is 7.34. The molecule has 5 rings (SSSR count). The Bertz CT molecular complexity index is 1220. The van der Waals surface area contributed by atoms with E-state index in [0.29, 0.717) is 36.8 Å². The number of carbonyl (C=O) groups excluding carboxylic acids is 1. The van der Waals surface area contributed by atoms with Crippen LogP contribution in [0.4, 0.5) is 5.82 Å². The molecule has 11 heteroatoms. The lowest BCUT2D eigenvalue weighted by Crippen LogP contribution is -2.31. The second kappa shape index (κ2) is 7.74. The summed E-state index contributed by atoms with van der Waals surface area (Å²) in [4.78, 5) is 40.3. The van der Waals surface area contributed by atoms with Gasteiger partial charge in [-0.2, -0.15) is 0 Å². The summed E-state index contributed by atoms with van der Waals surface area (Å²) in [5.74, 6) is 2.18. The van der Waals surface area contributed by atoms with Crippen LogP contribution in [0, 0.1) is 6.92 Å². The fourth-order valence-corrected chi connectivity index (χ4v) is 3.80. The van der Waals surface area contributed by atoms with Gasteiger partial charge in [-0.3, -0.25) is 4.79 Å². The summed E-state index contributed by atoms with van der Waals surface area (Å²) in [6.07, 6.45) is 8.54. The van der Waals surface area contributed by atoms with Crippen molar-refractivity contribution >= 4 is 22.9 Å². The number of aryl methyl sites for hydroxylation is 2. The Morgan fingerprint density at radius 2 is 2.06 bits per heavy atom. The molecule has 5 heterocycles. The van der Waals surface area contributed by atoms with E-state index in [0.717, 1.165) is 23.5 Å². The summed E-state index contributed by atoms with van der Waals surface area (Å²) < 4.78 is 7.15. The summed E-state index contributed by atoms with van der Waals surface area (Å²) in [6.45, 7) is 5.74. The number of carbonyl (C=O) groups is 1. The van der Waals surface area contributed by atoms with E-state index in [1.165, 1.54) is 18.9 Å². The van der Waals surface area contributed by atoms with Gasteiger partial charge in [-0.05, 0) is 20.3 Å². The van der Waals surface area contributed by atoms with Crippen molar-refractivity contribution in [3.63, 3.8) is 0 Å². The first kappa shape index (κ1) is 19.1. The maximum atomic E-state index is 12.5. The van der Waals surface area contributed by atoms with E-state index >= 15 is 0 Å². The van der Waals surface area contributed by atoms with Gasteiger partial charge in [0, 0.05) is 38.1 Å². The second-order valence-electron chi connectivity index (χ2n) is 7.34. The standard InChI is InChI=1S/C20H21N9O2/c1-3-29-18(13-6-22-12(2)23-7-13)27-16-17(24-10-25-19(16)29)26-14-4-5-28(9-14)20(30)15-8-21-11-31-15/h6-8,10-11,14H,3-5,9H2,1-2H3,(H,24,25,26). The molecule has 1 aliphatic heterocycles. The molecule has 1 unspecified atom stereocenters. The van der Waals surface area contributed by atoms with E-state index in [1.54, 1.807) is 17.3 Å². The Kier molecular flexibility index (Phi) is 4.77. The van der Waals surface area contributed by atoms with Crippen molar-refractivity contribution in [3.05, 3.63) is 42.9 Å². The van der Waals surface area contributed by atoms with Gasteiger partial charge in [-0.1, -0.05) is 0 Å². The highest BCUT2D eigenvalue weighted by Gasteiger charge is 2.29. The van der Waals surface area contributed by atoms with Gasteiger partial charge in [0.15, 0.2) is 23.4 Å². The zero-order chi connectivity index (χ0) is 21.4. The Morgan fingerprint density at radius 1 is 1.23 bits per heavy atom.